The summed E-state index contributed by atoms with van der Waals surface area (Å²) in [5.41, 5.74) is 1.62. The van der Waals surface area contributed by atoms with Gasteiger partial charge in [0.15, 0.2) is 0 Å². The maximum atomic E-state index is 13.4. The molecule has 2 aromatic rings. The maximum Gasteiger partial charge on any atom is 0.329 e. The second kappa shape index (κ2) is 6.44. The highest BCUT2D eigenvalue weighted by atomic mass is 32.2. The second-order valence-corrected chi connectivity index (χ2v) is 7.28. The number of benzene rings is 2. The van der Waals surface area contributed by atoms with Crippen molar-refractivity contribution < 1.29 is 14.7 Å². The Morgan fingerprint density at radius 2 is 1.56 bits per heavy atom. The number of carbonyl (C=O) groups is 2. The topological polar surface area (TPSA) is 60.9 Å². The fourth-order valence-corrected chi connectivity index (χ4v) is 4.51. The first-order valence-electron chi connectivity index (χ1n) is 8.36. The number of anilines is 2. The molecule has 2 aromatic carbocycles. The number of carboxylic acids is 1. The van der Waals surface area contributed by atoms with E-state index in [-0.39, 0.29) is 6.03 Å². The Hall–Kier alpha value is -2.47. The van der Waals surface area contributed by atoms with E-state index in [1.54, 1.807) is 16.7 Å². The minimum atomic E-state index is -0.930. The molecule has 2 heterocycles. The molecule has 1 N–H and O–H groups in total. The Morgan fingerprint density at radius 3 is 2.16 bits per heavy atom. The van der Waals surface area contributed by atoms with E-state index in [1.165, 1.54) is 4.90 Å². The SMILES string of the molecule is O=C(O)[C@@H]1CCCCN1C(=O)N1c2ccccc2Sc2ccccc21. The smallest absolute Gasteiger partial charge is 0.329 e. The van der Waals surface area contributed by atoms with Gasteiger partial charge in [-0.05, 0) is 43.5 Å². The van der Waals surface area contributed by atoms with Gasteiger partial charge < -0.3 is 10.0 Å². The number of rotatable bonds is 1. The van der Waals surface area contributed by atoms with Crippen molar-refractivity contribution in [1.29, 1.82) is 0 Å². The van der Waals surface area contributed by atoms with Crippen molar-refractivity contribution in [3.63, 3.8) is 0 Å². The molecular weight excluding hydrogens is 336 g/mol. The molecule has 0 aliphatic carbocycles. The van der Waals surface area contributed by atoms with Crippen LogP contribution >= 0.6 is 11.8 Å². The van der Waals surface area contributed by atoms with Crippen LogP contribution in [-0.2, 0) is 4.79 Å². The number of nitrogens with zero attached hydrogens (tertiary/aromatic N) is 2. The molecule has 0 bridgehead atoms. The molecule has 128 valence electrons. The zero-order chi connectivity index (χ0) is 17.4. The van der Waals surface area contributed by atoms with Crippen molar-refractivity contribution in [3.8, 4) is 0 Å². The highest BCUT2D eigenvalue weighted by Gasteiger charge is 2.37. The van der Waals surface area contributed by atoms with Gasteiger partial charge in [-0.3, -0.25) is 4.90 Å². The summed E-state index contributed by atoms with van der Waals surface area (Å²) >= 11 is 1.63. The number of likely N-dealkylation sites (tertiary alicyclic amines) is 1. The van der Waals surface area contributed by atoms with Gasteiger partial charge in [-0.25, -0.2) is 9.59 Å². The van der Waals surface area contributed by atoms with Crippen LogP contribution in [-0.4, -0.2) is 34.6 Å². The van der Waals surface area contributed by atoms with Gasteiger partial charge in [-0.1, -0.05) is 36.0 Å². The molecule has 1 saturated heterocycles. The second-order valence-electron chi connectivity index (χ2n) is 6.20. The molecule has 0 radical (unpaired) electrons. The average Bonchev–Trinajstić information content (AvgIpc) is 2.65. The Balaban J connectivity index is 1.79. The van der Waals surface area contributed by atoms with E-state index in [9.17, 15) is 14.7 Å². The quantitative estimate of drug-likeness (QED) is 0.827. The molecule has 0 spiro atoms. The number of hydrogen-bond acceptors (Lipinski definition) is 3. The Morgan fingerprint density at radius 1 is 0.960 bits per heavy atom. The minimum Gasteiger partial charge on any atom is -0.480 e. The molecule has 1 atom stereocenters. The minimum absolute atomic E-state index is 0.257. The fraction of sp³-hybridized carbons (Fsp3) is 0.263. The average molecular weight is 354 g/mol. The molecule has 1 fully saturated rings. The van der Waals surface area contributed by atoms with E-state index >= 15 is 0 Å². The van der Waals surface area contributed by atoms with E-state index in [2.05, 4.69) is 0 Å². The normalized spacial score (nSPS) is 19.1. The summed E-state index contributed by atoms with van der Waals surface area (Å²) in [5.74, 6) is -0.930. The molecule has 5 nitrogen and oxygen atoms in total. The lowest BCUT2D eigenvalue weighted by Gasteiger charge is -2.39. The summed E-state index contributed by atoms with van der Waals surface area (Å²) in [6.45, 7) is 0.476. The van der Waals surface area contributed by atoms with Crippen LogP contribution in [0.5, 0.6) is 0 Å². The highest BCUT2D eigenvalue weighted by Crippen LogP contribution is 2.48. The Bertz CT molecular complexity index is 793. The summed E-state index contributed by atoms with van der Waals surface area (Å²) in [5, 5.41) is 9.53. The maximum absolute atomic E-state index is 13.4. The monoisotopic (exact) mass is 354 g/mol. The summed E-state index contributed by atoms with van der Waals surface area (Å²) in [7, 11) is 0. The van der Waals surface area contributed by atoms with Crippen LogP contribution in [0.3, 0.4) is 0 Å². The van der Waals surface area contributed by atoms with Crippen molar-refractivity contribution in [2.75, 3.05) is 11.4 Å². The van der Waals surface area contributed by atoms with Gasteiger partial charge in [0.1, 0.15) is 6.04 Å². The third-order valence-electron chi connectivity index (χ3n) is 4.66. The van der Waals surface area contributed by atoms with Crippen LogP contribution in [0.1, 0.15) is 19.3 Å². The first kappa shape index (κ1) is 16.0. The number of fused-ring (bicyclic) bond motifs is 2. The van der Waals surface area contributed by atoms with E-state index in [0.29, 0.717) is 13.0 Å². The third kappa shape index (κ3) is 2.76. The van der Waals surface area contributed by atoms with Gasteiger partial charge in [-0.2, -0.15) is 0 Å². The molecule has 0 saturated carbocycles. The van der Waals surface area contributed by atoms with Gasteiger partial charge in [0, 0.05) is 16.3 Å². The molecule has 2 aliphatic rings. The van der Waals surface area contributed by atoms with Gasteiger partial charge in [0.2, 0.25) is 0 Å². The lowest BCUT2D eigenvalue weighted by atomic mass is 10.0. The predicted molar refractivity (Wildman–Crippen MR) is 96.5 cm³/mol. The van der Waals surface area contributed by atoms with Crippen molar-refractivity contribution in [3.05, 3.63) is 48.5 Å². The van der Waals surface area contributed by atoms with Crippen LogP contribution in [0.25, 0.3) is 0 Å². The number of piperidine rings is 1. The fourth-order valence-electron chi connectivity index (χ4n) is 3.46. The summed E-state index contributed by atoms with van der Waals surface area (Å²) < 4.78 is 0. The van der Waals surface area contributed by atoms with Gasteiger partial charge >= 0.3 is 12.0 Å². The van der Waals surface area contributed by atoms with Crippen molar-refractivity contribution in [2.45, 2.75) is 35.1 Å². The van der Waals surface area contributed by atoms with E-state index in [1.807, 2.05) is 48.5 Å². The number of para-hydroxylation sites is 2. The van der Waals surface area contributed by atoms with Gasteiger partial charge in [-0.15, -0.1) is 0 Å². The van der Waals surface area contributed by atoms with Crippen molar-refractivity contribution in [1.82, 2.24) is 4.90 Å². The van der Waals surface area contributed by atoms with Crippen LogP contribution < -0.4 is 4.90 Å². The van der Waals surface area contributed by atoms with Crippen LogP contribution in [0.15, 0.2) is 58.3 Å². The first-order chi connectivity index (χ1) is 12.2. The number of aliphatic carboxylic acids is 1. The standard InChI is InChI=1S/C19H18N2O3S/c22-18(23)15-9-5-6-12-20(15)19(24)21-13-7-1-3-10-16(13)25-17-11-4-2-8-14(17)21/h1-4,7-8,10-11,15H,5-6,9,12H2,(H,22,23)/t15-/m0/s1. The van der Waals surface area contributed by atoms with E-state index in [4.69, 9.17) is 0 Å². The van der Waals surface area contributed by atoms with Gasteiger partial charge in [0.05, 0.1) is 11.4 Å². The summed E-state index contributed by atoms with van der Waals surface area (Å²) in [6.07, 6.45) is 2.18. The van der Waals surface area contributed by atoms with Crippen LogP contribution in [0, 0.1) is 0 Å². The lowest BCUT2D eigenvalue weighted by Crippen LogP contribution is -2.52. The third-order valence-corrected chi connectivity index (χ3v) is 5.79. The molecule has 2 aliphatic heterocycles. The first-order valence-corrected chi connectivity index (χ1v) is 9.18. The summed E-state index contributed by atoms with van der Waals surface area (Å²) in [6, 6.07) is 14.5. The highest BCUT2D eigenvalue weighted by molar-refractivity contribution is 7.99. The van der Waals surface area contributed by atoms with Crippen molar-refractivity contribution >= 4 is 35.1 Å². The molecule has 4 rings (SSSR count). The zero-order valence-electron chi connectivity index (χ0n) is 13.6. The van der Waals surface area contributed by atoms with Crippen LogP contribution in [0.4, 0.5) is 16.2 Å². The number of hydrogen-bond donors (Lipinski definition) is 1. The Labute approximate surface area is 150 Å². The zero-order valence-corrected chi connectivity index (χ0v) is 14.4. The molecular formula is C19H18N2O3S. The van der Waals surface area contributed by atoms with Gasteiger partial charge in [0.25, 0.3) is 0 Å². The Kier molecular flexibility index (Phi) is 4.13. The molecule has 0 aromatic heterocycles. The summed E-state index contributed by atoms with van der Waals surface area (Å²) in [4.78, 5) is 30.2. The molecule has 25 heavy (non-hydrogen) atoms. The number of carboxylic acid groups (broad SMARTS) is 1. The molecule has 2 amide bonds. The van der Waals surface area contributed by atoms with E-state index in [0.717, 1.165) is 34.0 Å². The largest absolute Gasteiger partial charge is 0.480 e. The number of carbonyl (C=O) groups excluding carboxylic acids is 1. The predicted octanol–water partition coefficient (Wildman–Crippen LogP) is 4.35. The van der Waals surface area contributed by atoms with Crippen molar-refractivity contribution in [2.24, 2.45) is 0 Å². The number of amides is 2. The number of urea groups is 1. The molecule has 6 heteroatoms. The lowest BCUT2D eigenvalue weighted by molar-refractivity contribution is -0.143. The van der Waals surface area contributed by atoms with E-state index < -0.39 is 12.0 Å². The van der Waals surface area contributed by atoms with Crippen LogP contribution in [0.2, 0.25) is 0 Å². The molecule has 0 unspecified atom stereocenters.